The van der Waals surface area contributed by atoms with Gasteiger partial charge in [-0.3, -0.25) is 9.78 Å². The molecule has 0 atom stereocenters. The molecule has 0 spiro atoms. The SMILES string of the molecule is Cc1cncc(C(=O)CC2(N)CCCCC2)c1. The van der Waals surface area contributed by atoms with Gasteiger partial charge in [-0.15, -0.1) is 0 Å². The highest BCUT2D eigenvalue weighted by Gasteiger charge is 2.30. The van der Waals surface area contributed by atoms with Crippen LogP contribution in [0.25, 0.3) is 0 Å². The lowest BCUT2D eigenvalue weighted by molar-refractivity contribution is 0.0934. The van der Waals surface area contributed by atoms with E-state index < -0.39 is 0 Å². The molecular weight excluding hydrogens is 212 g/mol. The molecule has 0 aromatic carbocycles. The second-order valence-corrected chi connectivity index (χ2v) is 5.27. The number of nitrogens with zero attached hydrogens (tertiary/aromatic N) is 1. The minimum atomic E-state index is -0.279. The summed E-state index contributed by atoms with van der Waals surface area (Å²) in [5.41, 5.74) is 7.73. The zero-order valence-electron chi connectivity index (χ0n) is 10.4. The van der Waals surface area contributed by atoms with Crippen molar-refractivity contribution in [2.45, 2.75) is 51.0 Å². The van der Waals surface area contributed by atoms with Crippen LogP contribution in [0.2, 0.25) is 0 Å². The summed E-state index contributed by atoms with van der Waals surface area (Å²) >= 11 is 0. The fourth-order valence-corrected chi connectivity index (χ4v) is 2.56. The van der Waals surface area contributed by atoms with Gasteiger partial charge in [0.05, 0.1) is 0 Å². The van der Waals surface area contributed by atoms with Gasteiger partial charge >= 0.3 is 0 Å². The molecule has 1 aromatic rings. The first-order valence-electron chi connectivity index (χ1n) is 6.33. The van der Waals surface area contributed by atoms with Crippen LogP contribution in [0.3, 0.4) is 0 Å². The van der Waals surface area contributed by atoms with Crippen molar-refractivity contribution in [1.82, 2.24) is 4.98 Å². The van der Waals surface area contributed by atoms with E-state index >= 15 is 0 Å². The summed E-state index contributed by atoms with van der Waals surface area (Å²) in [6.45, 7) is 1.95. The smallest absolute Gasteiger partial charge is 0.166 e. The number of carbonyl (C=O) groups excluding carboxylic acids is 1. The summed E-state index contributed by atoms with van der Waals surface area (Å²) in [5.74, 6) is 0.130. The Morgan fingerprint density at radius 1 is 1.35 bits per heavy atom. The van der Waals surface area contributed by atoms with Crippen molar-refractivity contribution in [3.63, 3.8) is 0 Å². The van der Waals surface area contributed by atoms with Gasteiger partial charge in [0.25, 0.3) is 0 Å². The zero-order chi connectivity index (χ0) is 12.3. The van der Waals surface area contributed by atoms with Gasteiger partial charge in [0.2, 0.25) is 0 Å². The number of carbonyl (C=O) groups is 1. The Labute approximate surface area is 102 Å². The van der Waals surface area contributed by atoms with Crippen LogP contribution in [0.5, 0.6) is 0 Å². The number of nitrogens with two attached hydrogens (primary N) is 1. The van der Waals surface area contributed by atoms with Gasteiger partial charge in [0.1, 0.15) is 0 Å². The standard InChI is InChI=1S/C14H20N2O/c1-11-7-12(10-16-9-11)13(17)8-14(15)5-3-2-4-6-14/h7,9-10H,2-6,8,15H2,1H3. The van der Waals surface area contributed by atoms with Crippen molar-refractivity contribution in [2.24, 2.45) is 5.73 Å². The molecule has 3 heteroatoms. The van der Waals surface area contributed by atoms with Crippen LogP contribution < -0.4 is 5.73 Å². The second kappa shape index (κ2) is 4.96. The third-order valence-electron chi connectivity index (χ3n) is 3.56. The number of Topliss-reactive ketones (excluding diaryl/α,β-unsaturated/α-hetero) is 1. The molecule has 17 heavy (non-hydrogen) atoms. The molecule has 0 radical (unpaired) electrons. The highest BCUT2D eigenvalue weighted by atomic mass is 16.1. The van der Waals surface area contributed by atoms with Crippen LogP contribution in [0.15, 0.2) is 18.5 Å². The topological polar surface area (TPSA) is 56.0 Å². The third-order valence-corrected chi connectivity index (χ3v) is 3.56. The molecule has 1 aliphatic carbocycles. The lowest BCUT2D eigenvalue weighted by Gasteiger charge is -2.32. The van der Waals surface area contributed by atoms with Crippen molar-refractivity contribution in [3.05, 3.63) is 29.6 Å². The molecule has 0 unspecified atom stereocenters. The Bertz CT molecular complexity index is 408. The van der Waals surface area contributed by atoms with Gasteiger partial charge in [0, 0.05) is 29.9 Å². The van der Waals surface area contributed by atoms with Crippen LogP contribution >= 0.6 is 0 Å². The van der Waals surface area contributed by atoms with Crippen LogP contribution in [-0.2, 0) is 0 Å². The summed E-state index contributed by atoms with van der Waals surface area (Å²) < 4.78 is 0. The number of aromatic nitrogens is 1. The summed E-state index contributed by atoms with van der Waals surface area (Å²) in [7, 11) is 0. The average Bonchev–Trinajstić information content (AvgIpc) is 2.29. The van der Waals surface area contributed by atoms with Crippen molar-refractivity contribution < 1.29 is 4.79 Å². The number of aryl methyl sites for hydroxylation is 1. The number of hydrogen-bond donors (Lipinski definition) is 1. The predicted octanol–water partition coefficient (Wildman–Crippen LogP) is 2.62. The van der Waals surface area contributed by atoms with Crippen molar-refractivity contribution in [3.8, 4) is 0 Å². The van der Waals surface area contributed by atoms with E-state index in [4.69, 9.17) is 5.73 Å². The van der Waals surface area contributed by atoms with Gasteiger partial charge in [-0.05, 0) is 31.4 Å². The third kappa shape index (κ3) is 3.13. The van der Waals surface area contributed by atoms with E-state index in [2.05, 4.69) is 4.98 Å². The number of ketones is 1. The average molecular weight is 232 g/mol. The molecule has 0 bridgehead atoms. The molecule has 1 fully saturated rings. The molecule has 92 valence electrons. The van der Waals surface area contributed by atoms with Gasteiger partial charge in [-0.1, -0.05) is 19.3 Å². The van der Waals surface area contributed by atoms with Crippen molar-refractivity contribution in [2.75, 3.05) is 0 Å². The van der Waals surface area contributed by atoms with Crippen LogP contribution in [0.1, 0.15) is 54.4 Å². The Kier molecular flexibility index (Phi) is 3.57. The monoisotopic (exact) mass is 232 g/mol. The summed E-state index contributed by atoms with van der Waals surface area (Å²) in [4.78, 5) is 16.2. The molecule has 1 saturated carbocycles. The minimum Gasteiger partial charge on any atom is -0.325 e. The Hall–Kier alpha value is -1.22. The predicted molar refractivity (Wildman–Crippen MR) is 67.9 cm³/mol. The number of hydrogen-bond acceptors (Lipinski definition) is 3. The van der Waals surface area contributed by atoms with E-state index in [0.717, 1.165) is 31.2 Å². The molecule has 1 heterocycles. The maximum Gasteiger partial charge on any atom is 0.166 e. The Balaban J connectivity index is 2.06. The van der Waals surface area contributed by atoms with Gasteiger partial charge < -0.3 is 5.73 Å². The van der Waals surface area contributed by atoms with Gasteiger partial charge in [-0.25, -0.2) is 0 Å². The molecule has 1 aliphatic rings. The maximum absolute atomic E-state index is 12.2. The largest absolute Gasteiger partial charge is 0.325 e. The molecule has 0 aliphatic heterocycles. The molecule has 2 N–H and O–H groups in total. The van der Waals surface area contributed by atoms with Crippen LogP contribution in [-0.4, -0.2) is 16.3 Å². The quantitative estimate of drug-likeness (QED) is 0.815. The second-order valence-electron chi connectivity index (χ2n) is 5.27. The van der Waals surface area contributed by atoms with Gasteiger partial charge in [0.15, 0.2) is 5.78 Å². The van der Waals surface area contributed by atoms with Crippen molar-refractivity contribution >= 4 is 5.78 Å². The van der Waals surface area contributed by atoms with E-state index in [1.807, 2.05) is 13.0 Å². The number of pyridine rings is 1. The van der Waals surface area contributed by atoms with E-state index in [0.29, 0.717) is 12.0 Å². The van der Waals surface area contributed by atoms with Crippen LogP contribution in [0, 0.1) is 6.92 Å². The summed E-state index contributed by atoms with van der Waals surface area (Å²) in [6, 6.07) is 1.89. The summed E-state index contributed by atoms with van der Waals surface area (Å²) in [5, 5.41) is 0. The summed E-state index contributed by atoms with van der Waals surface area (Å²) in [6.07, 6.45) is 9.34. The maximum atomic E-state index is 12.2. The fourth-order valence-electron chi connectivity index (χ4n) is 2.56. The zero-order valence-corrected chi connectivity index (χ0v) is 10.4. The first-order valence-corrected chi connectivity index (χ1v) is 6.33. The molecule has 1 aromatic heterocycles. The van der Waals surface area contributed by atoms with Crippen molar-refractivity contribution in [1.29, 1.82) is 0 Å². The van der Waals surface area contributed by atoms with E-state index in [1.54, 1.807) is 12.4 Å². The molecule has 3 nitrogen and oxygen atoms in total. The van der Waals surface area contributed by atoms with E-state index in [1.165, 1.54) is 6.42 Å². The Morgan fingerprint density at radius 2 is 2.06 bits per heavy atom. The van der Waals surface area contributed by atoms with Gasteiger partial charge in [-0.2, -0.15) is 0 Å². The Morgan fingerprint density at radius 3 is 2.71 bits per heavy atom. The first-order chi connectivity index (χ1) is 8.09. The van der Waals surface area contributed by atoms with Crippen LogP contribution in [0.4, 0.5) is 0 Å². The highest BCUT2D eigenvalue weighted by molar-refractivity contribution is 5.96. The van der Waals surface area contributed by atoms with E-state index in [9.17, 15) is 4.79 Å². The minimum absolute atomic E-state index is 0.130. The molecular formula is C14H20N2O. The first kappa shape index (κ1) is 12.2. The lowest BCUT2D eigenvalue weighted by Crippen LogP contribution is -2.43. The molecule has 0 saturated heterocycles. The normalized spacial score (nSPS) is 18.9. The number of rotatable bonds is 3. The highest BCUT2D eigenvalue weighted by Crippen LogP contribution is 2.29. The molecule has 2 rings (SSSR count). The van der Waals surface area contributed by atoms with E-state index in [-0.39, 0.29) is 11.3 Å². The fraction of sp³-hybridized carbons (Fsp3) is 0.571. The molecule has 0 amide bonds. The lowest BCUT2D eigenvalue weighted by atomic mass is 9.78.